The van der Waals surface area contributed by atoms with E-state index < -0.39 is 18.6 Å². The molecule has 0 bridgehead atoms. The van der Waals surface area contributed by atoms with Crippen molar-refractivity contribution in [2.45, 2.75) is 38.4 Å². The maximum absolute atomic E-state index is 12.7. The van der Waals surface area contributed by atoms with Gasteiger partial charge in [-0.1, -0.05) is 28.1 Å². The fourth-order valence-electron chi connectivity index (χ4n) is 2.36. The van der Waals surface area contributed by atoms with Crippen LogP contribution in [0.4, 0.5) is 13.2 Å². The molecule has 2 nitrogen and oxygen atoms in total. The average molecular weight is 364 g/mol. The molecule has 0 aromatic heterocycles. The Hall–Kier alpha value is -1.04. The van der Waals surface area contributed by atoms with Crippen molar-refractivity contribution in [2.24, 2.45) is 5.92 Å². The number of hydrogen-bond donors (Lipinski definition) is 0. The molecular weight excluding hydrogens is 347 g/mol. The van der Waals surface area contributed by atoms with Crippen LogP contribution in [0.25, 0.3) is 0 Å². The summed E-state index contributed by atoms with van der Waals surface area (Å²) in [6.45, 7) is 0.545. The highest BCUT2D eigenvalue weighted by Gasteiger charge is 2.40. The van der Waals surface area contributed by atoms with E-state index in [0.717, 1.165) is 27.8 Å². The molecule has 0 aliphatic heterocycles. The van der Waals surface area contributed by atoms with E-state index in [9.17, 15) is 18.0 Å². The van der Waals surface area contributed by atoms with E-state index in [4.69, 9.17) is 0 Å². The Labute approximate surface area is 130 Å². The molecule has 1 aliphatic carbocycles. The van der Waals surface area contributed by atoms with Crippen molar-refractivity contribution in [2.75, 3.05) is 6.54 Å². The summed E-state index contributed by atoms with van der Waals surface area (Å²) in [6.07, 6.45) is -2.55. The largest absolute Gasteiger partial charge is 0.406 e. The number of carbonyl (C=O) groups is 1. The Morgan fingerprint density at radius 1 is 1.33 bits per heavy atom. The summed E-state index contributed by atoms with van der Waals surface area (Å²) in [6, 6.07) is 6.70. The molecule has 0 heterocycles. The maximum atomic E-state index is 12.7. The summed E-state index contributed by atoms with van der Waals surface area (Å²) in [5.41, 5.74) is 0.721. The minimum absolute atomic E-state index is 0.000417. The zero-order chi connectivity index (χ0) is 15.6. The summed E-state index contributed by atoms with van der Waals surface area (Å²) in [7, 11) is 0. The lowest BCUT2D eigenvalue weighted by Crippen LogP contribution is -2.46. The normalized spacial score (nSPS) is 16.6. The van der Waals surface area contributed by atoms with Gasteiger partial charge in [-0.15, -0.1) is 0 Å². The van der Waals surface area contributed by atoms with Crippen molar-refractivity contribution in [1.29, 1.82) is 0 Å². The van der Waals surface area contributed by atoms with Crippen LogP contribution in [0.3, 0.4) is 0 Å². The zero-order valence-corrected chi connectivity index (χ0v) is 13.2. The lowest BCUT2D eigenvalue weighted by atomic mass is 10.1. The topological polar surface area (TPSA) is 20.3 Å². The van der Waals surface area contributed by atoms with Gasteiger partial charge in [0.2, 0.25) is 5.91 Å². The first-order chi connectivity index (χ1) is 9.76. The number of alkyl halides is 3. The third kappa shape index (κ3) is 5.02. The highest BCUT2D eigenvalue weighted by molar-refractivity contribution is 9.10. The summed E-state index contributed by atoms with van der Waals surface area (Å²) < 4.78 is 39.0. The van der Waals surface area contributed by atoms with Crippen LogP contribution < -0.4 is 0 Å². The van der Waals surface area contributed by atoms with Crippen LogP contribution in [-0.4, -0.2) is 29.6 Å². The molecule has 1 amide bonds. The molecule has 116 valence electrons. The first-order valence-corrected chi connectivity index (χ1v) is 7.66. The van der Waals surface area contributed by atoms with Crippen LogP contribution in [0, 0.1) is 5.92 Å². The third-order valence-electron chi connectivity index (χ3n) is 3.73. The van der Waals surface area contributed by atoms with E-state index in [1.165, 1.54) is 0 Å². The van der Waals surface area contributed by atoms with Crippen LogP contribution in [0.2, 0.25) is 0 Å². The Morgan fingerprint density at radius 3 is 2.38 bits per heavy atom. The molecule has 6 heteroatoms. The van der Waals surface area contributed by atoms with Gasteiger partial charge in [0.1, 0.15) is 6.54 Å². The van der Waals surface area contributed by atoms with Crippen molar-refractivity contribution >= 4 is 21.8 Å². The monoisotopic (exact) mass is 363 g/mol. The van der Waals surface area contributed by atoms with Gasteiger partial charge in [-0.05, 0) is 43.4 Å². The number of benzene rings is 1. The van der Waals surface area contributed by atoms with E-state index in [1.54, 1.807) is 31.2 Å². The molecule has 1 saturated carbocycles. The van der Waals surface area contributed by atoms with E-state index in [1.807, 2.05) is 0 Å². The molecule has 0 N–H and O–H groups in total. The van der Waals surface area contributed by atoms with E-state index in [0.29, 0.717) is 0 Å². The highest BCUT2D eigenvalue weighted by Crippen LogP contribution is 2.36. The Balaban J connectivity index is 2.07. The van der Waals surface area contributed by atoms with Gasteiger partial charge in [0, 0.05) is 10.5 Å². The standard InChI is InChI=1S/C15H17BrF3NO/c1-10(12-4-5-12)20(9-15(17,18)19)14(21)8-11-2-6-13(16)7-3-11/h2-3,6-7,10,12H,4-5,8-9H2,1H3. The molecule has 1 aromatic carbocycles. The smallest absolute Gasteiger partial charge is 0.330 e. The lowest BCUT2D eigenvalue weighted by molar-refractivity contribution is -0.165. The second-order valence-electron chi connectivity index (χ2n) is 5.52. The Morgan fingerprint density at radius 2 is 1.90 bits per heavy atom. The predicted molar refractivity (Wildman–Crippen MR) is 77.8 cm³/mol. The van der Waals surface area contributed by atoms with Crippen molar-refractivity contribution in [3.63, 3.8) is 0 Å². The van der Waals surface area contributed by atoms with Gasteiger partial charge >= 0.3 is 6.18 Å². The minimum Gasteiger partial charge on any atom is -0.330 e. The first-order valence-electron chi connectivity index (χ1n) is 6.87. The van der Waals surface area contributed by atoms with Crippen molar-refractivity contribution in [1.82, 2.24) is 4.90 Å². The van der Waals surface area contributed by atoms with Gasteiger partial charge in [0.25, 0.3) is 0 Å². The van der Waals surface area contributed by atoms with E-state index >= 15 is 0 Å². The average Bonchev–Trinajstić information content (AvgIpc) is 3.21. The van der Waals surface area contributed by atoms with Gasteiger partial charge in [-0.25, -0.2) is 0 Å². The summed E-state index contributed by atoms with van der Waals surface area (Å²) in [5.74, 6) is -0.254. The highest BCUT2D eigenvalue weighted by atomic mass is 79.9. The van der Waals surface area contributed by atoms with E-state index in [-0.39, 0.29) is 18.4 Å². The zero-order valence-electron chi connectivity index (χ0n) is 11.7. The molecule has 0 spiro atoms. The first kappa shape index (κ1) is 16.3. The number of carbonyl (C=O) groups excluding carboxylic acids is 1. The fourth-order valence-corrected chi connectivity index (χ4v) is 2.63. The van der Waals surface area contributed by atoms with Crippen molar-refractivity contribution in [3.05, 3.63) is 34.3 Å². The Bertz CT molecular complexity index is 497. The predicted octanol–water partition coefficient (Wildman–Crippen LogP) is 4.18. The van der Waals surface area contributed by atoms with Gasteiger partial charge in [0.15, 0.2) is 0 Å². The molecule has 21 heavy (non-hydrogen) atoms. The summed E-state index contributed by atoms with van der Waals surface area (Å²) in [4.78, 5) is 13.2. The molecule has 1 unspecified atom stereocenters. The Kier molecular flexibility index (Phi) is 4.96. The third-order valence-corrected chi connectivity index (χ3v) is 4.26. The maximum Gasteiger partial charge on any atom is 0.406 e. The molecule has 0 saturated heterocycles. The van der Waals surface area contributed by atoms with Crippen LogP contribution in [-0.2, 0) is 11.2 Å². The lowest BCUT2D eigenvalue weighted by Gasteiger charge is -2.30. The molecule has 1 fully saturated rings. The van der Waals surface area contributed by atoms with Crippen LogP contribution in [0.15, 0.2) is 28.7 Å². The van der Waals surface area contributed by atoms with Gasteiger partial charge in [-0.2, -0.15) is 13.2 Å². The molecule has 0 radical (unpaired) electrons. The van der Waals surface area contributed by atoms with Gasteiger partial charge in [0.05, 0.1) is 6.42 Å². The second-order valence-corrected chi connectivity index (χ2v) is 6.43. The quantitative estimate of drug-likeness (QED) is 0.768. The fraction of sp³-hybridized carbons (Fsp3) is 0.533. The van der Waals surface area contributed by atoms with Crippen LogP contribution in [0.1, 0.15) is 25.3 Å². The molecule has 1 aromatic rings. The number of halogens is 4. The number of rotatable bonds is 5. The molecule has 1 atom stereocenters. The van der Waals surface area contributed by atoms with Crippen molar-refractivity contribution < 1.29 is 18.0 Å². The summed E-state index contributed by atoms with van der Waals surface area (Å²) >= 11 is 3.29. The van der Waals surface area contributed by atoms with Crippen molar-refractivity contribution in [3.8, 4) is 0 Å². The second kappa shape index (κ2) is 6.38. The minimum atomic E-state index is -4.36. The van der Waals surface area contributed by atoms with Gasteiger partial charge < -0.3 is 4.90 Å². The number of hydrogen-bond acceptors (Lipinski definition) is 1. The van der Waals surface area contributed by atoms with Crippen LogP contribution >= 0.6 is 15.9 Å². The van der Waals surface area contributed by atoms with Crippen LogP contribution in [0.5, 0.6) is 0 Å². The molecule has 2 rings (SSSR count). The summed E-state index contributed by atoms with van der Waals surface area (Å²) in [5, 5.41) is 0. The SMILES string of the molecule is CC(C1CC1)N(CC(F)(F)F)C(=O)Cc1ccc(Br)cc1. The number of nitrogens with zero attached hydrogens (tertiary/aromatic N) is 1. The number of amides is 1. The molecular formula is C15H17BrF3NO. The van der Waals surface area contributed by atoms with E-state index in [2.05, 4.69) is 15.9 Å². The molecule has 1 aliphatic rings. The van der Waals surface area contributed by atoms with Gasteiger partial charge in [-0.3, -0.25) is 4.79 Å².